The molecule has 3 rings (SSSR count). The van der Waals surface area contributed by atoms with Crippen LogP contribution in [-0.2, 0) is 0 Å². The third-order valence-electron chi connectivity index (χ3n) is 4.16. The lowest BCUT2D eigenvalue weighted by Crippen LogP contribution is -2.30. The van der Waals surface area contributed by atoms with Crippen molar-refractivity contribution in [2.75, 3.05) is 20.2 Å². The number of rotatable bonds is 5. The molecule has 0 amide bonds. The Balaban J connectivity index is 1.69. The fourth-order valence-corrected chi connectivity index (χ4v) is 2.90. The van der Waals surface area contributed by atoms with Crippen LogP contribution in [0.1, 0.15) is 24.0 Å². The van der Waals surface area contributed by atoms with Gasteiger partial charge in [-0.3, -0.25) is 0 Å². The number of likely N-dealkylation sites (N-methyl/N-ethyl adjacent to an activating group) is 1. The van der Waals surface area contributed by atoms with Gasteiger partial charge in [-0.1, -0.05) is 23.8 Å². The Morgan fingerprint density at radius 3 is 3.00 bits per heavy atom. The maximum absolute atomic E-state index is 13.1. The first-order chi connectivity index (χ1) is 11.6. The molecule has 126 valence electrons. The van der Waals surface area contributed by atoms with Crippen LogP contribution in [-0.4, -0.2) is 41.1 Å². The van der Waals surface area contributed by atoms with E-state index in [1.807, 2.05) is 6.07 Å². The number of ether oxygens (including phenoxy) is 1. The Kier molecular flexibility index (Phi) is 5.43. The summed E-state index contributed by atoms with van der Waals surface area (Å²) in [5, 5.41) is 0.381. The van der Waals surface area contributed by atoms with Crippen LogP contribution in [0.4, 0.5) is 4.39 Å². The number of likely N-dealkylation sites (tertiary alicyclic amines) is 1. The van der Waals surface area contributed by atoms with E-state index in [0.29, 0.717) is 29.1 Å². The van der Waals surface area contributed by atoms with Crippen LogP contribution in [0.3, 0.4) is 0 Å². The van der Waals surface area contributed by atoms with Crippen LogP contribution in [0.15, 0.2) is 30.6 Å². The second kappa shape index (κ2) is 7.73. The lowest BCUT2D eigenvalue weighted by Gasteiger charge is -2.19. The highest BCUT2D eigenvalue weighted by atomic mass is 35.5. The van der Waals surface area contributed by atoms with Crippen LogP contribution in [0.25, 0.3) is 12.2 Å². The van der Waals surface area contributed by atoms with E-state index in [1.165, 1.54) is 18.7 Å². The summed E-state index contributed by atoms with van der Waals surface area (Å²) in [6, 6.07) is 5.36. The molecule has 1 aliphatic heterocycles. The van der Waals surface area contributed by atoms with Gasteiger partial charge in [0, 0.05) is 23.9 Å². The molecule has 6 heteroatoms. The quantitative estimate of drug-likeness (QED) is 0.769. The molecule has 0 unspecified atom stereocenters. The molecule has 0 aliphatic carbocycles. The Morgan fingerprint density at radius 2 is 2.25 bits per heavy atom. The molecule has 0 aromatic carbocycles. The van der Waals surface area contributed by atoms with E-state index < -0.39 is 5.95 Å². The predicted octanol–water partition coefficient (Wildman–Crippen LogP) is 3.91. The minimum absolute atomic E-state index is 0.381. The monoisotopic (exact) mass is 346 g/mol. The van der Waals surface area contributed by atoms with Crippen LogP contribution in [0, 0.1) is 5.95 Å². The summed E-state index contributed by atoms with van der Waals surface area (Å²) in [5.41, 5.74) is 1.43. The Bertz CT molecular complexity index is 738. The fourth-order valence-electron chi connectivity index (χ4n) is 2.73. The molecule has 0 radical (unpaired) electrons. The van der Waals surface area contributed by atoms with Crippen molar-refractivity contribution >= 4 is 23.8 Å². The van der Waals surface area contributed by atoms with Crippen molar-refractivity contribution in [3.05, 3.63) is 52.8 Å². The van der Waals surface area contributed by atoms with Gasteiger partial charge in [0.1, 0.15) is 17.5 Å². The van der Waals surface area contributed by atoms with Crippen molar-refractivity contribution in [2.24, 2.45) is 0 Å². The summed E-state index contributed by atoms with van der Waals surface area (Å²) in [7, 11) is 2.11. The van der Waals surface area contributed by atoms with Crippen LogP contribution < -0.4 is 4.74 Å². The van der Waals surface area contributed by atoms with E-state index in [2.05, 4.69) is 21.9 Å². The van der Waals surface area contributed by atoms with Gasteiger partial charge in [-0.2, -0.15) is 4.39 Å². The number of pyridine rings is 2. The standard InChI is InChI=1S/C18H19ClFN3O/c1-23-8-2-3-15(23)12-24-16-10-14(18(19)22-11-16)5-4-13-6-7-21-17(20)9-13/h4-7,9-11,15H,2-3,8,12H2,1H3/b5-4+/t15-/m0/s1/i1-1. The van der Waals surface area contributed by atoms with Crippen molar-refractivity contribution in [1.29, 1.82) is 0 Å². The maximum atomic E-state index is 13.1. The zero-order valence-corrected chi connectivity index (χ0v) is 14.2. The Labute approximate surface area is 145 Å². The summed E-state index contributed by atoms with van der Waals surface area (Å²) >= 11 is 6.13. The van der Waals surface area contributed by atoms with E-state index in [-0.39, 0.29) is 0 Å². The van der Waals surface area contributed by atoms with Crippen molar-refractivity contribution in [3.8, 4) is 5.75 Å². The third-order valence-corrected chi connectivity index (χ3v) is 4.48. The molecule has 0 N–H and O–H groups in total. The number of aromatic nitrogens is 2. The summed E-state index contributed by atoms with van der Waals surface area (Å²) < 4.78 is 19.0. The van der Waals surface area contributed by atoms with Gasteiger partial charge in [0.2, 0.25) is 5.95 Å². The molecule has 2 aromatic heterocycles. The van der Waals surface area contributed by atoms with Gasteiger partial charge < -0.3 is 9.64 Å². The SMILES string of the molecule is [11CH3]N1CCC[C@H]1COc1cnc(Cl)c(/C=C/c2ccnc(F)c2)c1. The summed E-state index contributed by atoms with van der Waals surface area (Å²) in [6.45, 7) is 1.75. The normalized spacial score (nSPS) is 18.4. The topological polar surface area (TPSA) is 38.2 Å². The smallest absolute Gasteiger partial charge is 0.213 e. The van der Waals surface area contributed by atoms with Gasteiger partial charge in [0.05, 0.1) is 6.20 Å². The van der Waals surface area contributed by atoms with Gasteiger partial charge >= 0.3 is 0 Å². The minimum Gasteiger partial charge on any atom is -0.490 e. The molecule has 0 spiro atoms. The van der Waals surface area contributed by atoms with E-state index in [4.69, 9.17) is 16.3 Å². The average molecular weight is 347 g/mol. The highest BCUT2D eigenvalue weighted by molar-refractivity contribution is 6.31. The Morgan fingerprint density at radius 1 is 1.38 bits per heavy atom. The molecule has 3 heterocycles. The van der Waals surface area contributed by atoms with E-state index >= 15 is 0 Å². The molecular weight excluding hydrogens is 328 g/mol. The van der Waals surface area contributed by atoms with E-state index in [9.17, 15) is 4.39 Å². The second-order valence-corrected chi connectivity index (χ2v) is 6.24. The molecule has 1 fully saturated rings. The first kappa shape index (κ1) is 16.9. The molecule has 1 aliphatic rings. The summed E-state index contributed by atoms with van der Waals surface area (Å²) in [4.78, 5) is 10.0. The first-order valence-corrected chi connectivity index (χ1v) is 8.28. The molecule has 1 atom stereocenters. The van der Waals surface area contributed by atoms with Gasteiger partial charge in [-0.15, -0.1) is 0 Å². The van der Waals surface area contributed by atoms with Crippen molar-refractivity contribution in [3.63, 3.8) is 0 Å². The number of hydrogen-bond donors (Lipinski definition) is 0. The largest absolute Gasteiger partial charge is 0.490 e. The van der Waals surface area contributed by atoms with E-state index in [1.54, 1.807) is 24.4 Å². The molecular formula is C18H19ClFN3O. The van der Waals surface area contributed by atoms with Gasteiger partial charge in [-0.05, 0) is 44.1 Å². The highest BCUT2D eigenvalue weighted by Gasteiger charge is 2.21. The molecule has 1 saturated heterocycles. The average Bonchev–Trinajstić information content (AvgIpc) is 2.98. The molecule has 2 aromatic rings. The van der Waals surface area contributed by atoms with Gasteiger partial charge in [-0.25, -0.2) is 9.97 Å². The summed E-state index contributed by atoms with van der Waals surface area (Å²) in [6.07, 6.45) is 8.96. The zero-order valence-electron chi connectivity index (χ0n) is 13.5. The fraction of sp³-hybridized carbons (Fsp3) is 0.333. The number of nitrogens with zero attached hydrogens (tertiary/aromatic N) is 3. The second-order valence-electron chi connectivity index (χ2n) is 5.88. The first-order valence-electron chi connectivity index (χ1n) is 7.90. The van der Waals surface area contributed by atoms with Crippen molar-refractivity contribution in [1.82, 2.24) is 14.9 Å². The van der Waals surface area contributed by atoms with E-state index in [0.717, 1.165) is 18.5 Å². The summed E-state index contributed by atoms with van der Waals surface area (Å²) in [5.74, 6) is 0.166. The number of hydrogen-bond acceptors (Lipinski definition) is 4. The lowest BCUT2D eigenvalue weighted by molar-refractivity contribution is 0.198. The van der Waals surface area contributed by atoms with Crippen molar-refractivity contribution < 1.29 is 9.13 Å². The molecule has 4 nitrogen and oxygen atoms in total. The van der Waals surface area contributed by atoms with Gasteiger partial charge in [0.15, 0.2) is 0 Å². The third kappa shape index (κ3) is 4.30. The van der Waals surface area contributed by atoms with Crippen LogP contribution in [0.5, 0.6) is 5.75 Å². The van der Waals surface area contributed by atoms with Gasteiger partial charge in [0.25, 0.3) is 0 Å². The maximum Gasteiger partial charge on any atom is 0.213 e. The molecule has 0 saturated carbocycles. The van der Waals surface area contributed by atoms with Crippen molar-refractivity contribution in [2.45, 2.75) is 18.9 Å². The molecule has 24 heavy (non-hydrogen) atoms. The van der Waals surface area contributed by atoms with Crippen LogP contribution in [0.2, 0.25) is 5.15 Å². The minimum atomic E-state index is -0.515. The van der Waals surface area contributed by atoms with Crippen LogP contribution >= 0.6 is 11.6 Å². The zero-order chi connectivity index (χ0) is 16.9. The lowest BCUT2D eigenvalue weighted by atomic mass is 10.2. The number of halogens is 2. The molecule has 0 bridgehead atoms. The Hall–Kier alpha value is -1.98. The highest BCUT2D eigenvalue weighted by Crippen LogP contribution is 2.23. The predicted molar refractivity (Wildman–Crippen MR) is 93.5 cm³/mol.